The number of hydrogen-bond donors (Lipinski definition) is 1. The molecule has 2 heterocycles. The fourth-order valence-electron chi connectivity index (χ4n) is 2.91. The highest BCUT2D eigenvalue weighted by Crippen LogP contribution is 2.18. The summed E-state index contributed by atoms with van der Waals surface area (Å²) in [6, 6.07) is 14.3. The molecule has 0 bridgehead atoms. The summed E-state index contributed by atoms with van der Waals surface area (Å²) in [4.78, 5) is 15.8. The number of carbonyl (C=O) groups excluding carboxylic acids is 1. The highest BCUT2D eigenvalue weighted by atomic mass is 32.1. The molecule has 1 saturated heterocycles. The van der Waals surface area contributed by atoms with Crippen LogP contribution in [0.5, 0.6) is 0 Å². The maximum atomic E-state index is 12.3. The third kappa shape index (κ3) is 4.78. The molecular weight excluding hydrogens is 304 g/mol. The highest BCUT2D eigenvalue weighted by Gasteiger charge is 2.19. The van der Waals surface area contributed by atoms with Crippen molar-refractivity contribution >= 4 is 23.3 Å². The average molecular weight is 326 g/mol. The lowest BCUT2D eigenvalue weighted by Gasteiger charge is -2.24. The third-order valence-electron chi connectivity index (χ3n) is 4.10. The molecule has 1 aromatic carbocycles. The fraction of sp³-hybridized carbons (Fsp3) is 0.316. The van der Waals surface area contributed by atoms with E-state index in [-0.39, 0.29) is 11.9 Å². The van der Waals surface area contributed by atoms with E-state index >= 15 is 0 Å². The number of nitrogens with one attached hydrogen (secondary N) is 1. The van der Waals surface area contributed by atoms with E-state index in [1.807, 2.05) is 41.8 Å². The van der Waals surface area contributed by atoms with Crippen LogP contribution in [0.2, 0.25) is 0 Å². The zero-order valence-electron chi connectivity index (χ0n) is 13.2. The minimum Gasteiger partial charge on any atom is -0.344 e. The molecule has 2 aromatic rings. The predicted molar refractivity (Wildman–Crippen MR) is 96.4 cm³/mol. The van der Waals surface area contributed by atoms with Crippen molar-refractivity contribution in [3.63, 3.8) is 0 Å². The van der Waals surface area contributed by atoms with E-state index in [9.17, 15) is 4.79 Å². The largest absolute Gasteiger partial charge is 0.344 e. The molecular formula is C19H22N2OS. The van der Waals surface area contributed by atoms with Crippen LogP contribution in [0.15, 0.2) is 53.9 Å². The molecule has 1 unspecified atom stereocenters. The van der Waals surface area contributed by atoms with Crippen LogP contribution in [0.3, 0.4) is 0 Å². The van der Waals surface area contributed by atoms with Crippen LogP contribution < -0.4 is 5.32 Å². The molecule has 23 heavy (non-hydrogen) atoms. The fourth-order valence-corrected chi connectivity index (χ4v) is 3.52. The van der Waals surface area contributed by atoms with Crippen LogP contribution in [0, 0.1) is 0 Å². The molecule has 1 aliphatic rings. The molecule has 1 N–H and O–H groups in total. The summed E-state index contributed by atoms with van der Waals surface area (Å²) in [7, 11) is 0. The van der Waals surface area contributed by atoms with Gasteiger partial charge in [-0.05, 0) is 49.0 Å². The smallest absolute Gasteiger partial charge is 0.244 e. The molecule has 3 rings (SSSR count). The van der Waals surface area contributed by atoms with E-state index in [0.29, 0.717) is 0 Å². The molecule has 3 nitrogen and oxygen atoms in total. The zero-order valence-corrected chi connectivity index (χ0v) is 14.0. The summed E-state index contributed by atoms with van der Waals surface area (Å²) in [5.41, 5.74) is 1.16. The Morgan fingerprint density at radius 2 is 1.96 bits per heavy atom. The quantitative estimate of drug-likeness (QED) is 0.821. The maximum absolute atomic E-state index is 12.3. The summed E-state index contributed by atoms with van der Waals surface area (Å²) in [6.07, 6.45) is 6.02. The van der Waals surface area contributed by atoms with Gasteiger partial charge < -0.3 is 10.2 Å². The Kier molecular flexibility index (Phi) is 5.61. The first-order valence-electron chi connectivity index (χ1n) is 8.10. The topological polar surface area (TPSA) is 32.3 Å². The molecule has 120 valence electrons. The summed E-state index contributed by atoms with van der Waals surface area (Å²) in [6.45, 7) is 3.14. The van der Waals surface area contributed by atoms with Crippen molar-refractivity contribution < 1.29 is 4.79 Å². The standard InChI is InChI=1S/C19H22N2OS/c22-19(11-10-17-9-6-14-23-17)20-18(15-21-12-4-5-13-21)16-7-2-1-3-8-16/h1-3,6-11,14,18H,4-5,12-13,15H2,(H,20,22)/b11-10+. The monoisotopic (exact) mass is 326 g/mol. The van der Waals surface area contributed by atoms with Gasteiger partial charge in [-0.25, -0.2) is 0 Å². The van der Waals surface area contributed by atoms with Crippen molar-refractivity contribution in [3.05, 3.63) is 64.4 Å². The number of carbonyl (C=O) groups is 1. The molecule has 0 radical (unpaired) electrons. The molecule has 1 aromatic heterocycles. The molecule has 0 saturated carbocycles. The summed E-state index contributed by atoms with van der Waals surface area (Å²) < 4.78 is 0. The van der Waals surface area contributed by atoms with Crippen molar-refractivity contribution in [2.24, 2.45) is 0 Å². The Morgan fingerprint density at radius 3 is 2.65 bits per heavy atom. The minimum absolute atomic E-state index is 0.0357. The summed E-state index contributed by atoms with van der Waals surface area (Å²) in [5, 5.41) is 5.17. The van der Waals surface area contributed by atoms with Gasteiger partial charge >= 0.3 is 0 Å². The summed E-state index contributed by atoms with van der Waals surface area (Å²) >= 11 is 1.63. The Morgan fingerprint density at radius 1 is 1.17 bits per heavy atom. The van der Waals surface area contributed by atoms with Gasteiger partial charge in [-0.3, -0.25) is 4.79 Å². The van der Waals surface area contributed by atoms with Crippen LogP contribution in [-0.4, -0.2) is 30.4 Å². The number of amides is 1. The van der Waals surface area contributed by atoms with Crippen molar-refractivity contribution in [1.29, 1.82) is 0 Å². The Bertz CT molecular complexity index is 631. The van der Waals surface area contributed by atoms with Crippen molar-refractivity contribution in [3.8, 4) is 0 Å². The molecule has 1 atom stereocenters. The van der Waals surface area contributed by atoms with Crippen LogP contribution in [0.1, 0.15) is 29.3 Å². The minimum atomic E-state index is -0.0357. The number of hydrogen-bond acceptors (Lipinski definition) is 3. The van der Waals surface area contributed by atoms with Gasteiger partial charge in [0.1, 0.15) is 0 Å². The van der Waals surface area contributed by atoms with Gasteiger partial charge in [0, 0.05) is 17.5 Å². The van der Waals surface area contributed by atoms with E-state index in [1.54, 1.807) is 17.4 Å². The van der Waals surface area contributed by atoms with Gasteiger partial charge in [-0.15, -0.1) is 11.3 Å². The van der Waals surface area contributed by atoms with E-state index in [1.165, 1.54) is 12.8 Å². The van der Waals surface area contributed by atoms with Crippen LogP contribution >= 0.6 is 11.3 Å². The van der Waals surface area contributed by atoms with E-state index in [4.69, 9.17) is 0 Å². The lowest BCUT2D eigenvalue weighted by molar-refractivity contribution is -0.117. The third-order valence-corrected chi connectivity index (χ3v) is 4.94. The SMILES string of the molecule is O=C(/C=C/c1cccs1)NC(CN1CCCC1)c1ccccc1. The van der Waals surface area contributed by atoms with Gasteiger partial charge in [-0.1, -0.05) is 36.4 Å². The normalized spacial score (nSPS) is 16.7. The molecule has 1 fully saturated rings. The number of thiophene rings is 1. The first kappa shape index (κ1) is 16.0. The van der Waals surface area contributed by atoms with Gasteiger partial charge in [-0.2, -0.15) is 0 Å². The zero-order chi connectivity index (χ0) is 15.9. The average Bonchev–Trinajstić information content (AvgIpc) is 3.27. The van der Waals surface area contributed by atoms with Crippen molar-refractivity contribution in [2.45, 2.75) is 18.9 Å². The second-order valence-corrected chi connectivity index (χ2v) is 6.81. The number of benzene rings is 1. The van der Waals surface area contributed by atoms with Crippen molar-refractivity contribution in [1.82, 2.24) is 10.2 Å². The maximum Gasteiger partial charge on any atom is 0.244 e. The van der Waals surface area contributed by atoms with Crippen LogP contribution in [0.25, 0.3) is 6.08 Å². The molecule has 0 aliphatic carbocycles. The molecule has 1 aliphatic heterocycles. The second kappa shape index (κ2) is 8.09. The Balaban J connectivity index is 1.66. The first-order chi connectivity index (χ1) is 11.3. The molecule has 0 spiro atoms. The Labute approximate surface area is 141 Å². The van der Waals surface area contributed by atoms with E-state index < -0.39 is 0 Å². The second-order valence-electron chi connectivity index (χ2n) is 5.83. The Hall–Kier alpha value is -1.91. The lowest BCUT2D eigenvalue weighted by atomic mass is 10.1. The van der Waals surface area contributed by atoms with Crippen LogP contribution in [0.4, 0.5) is 0 Å². The lowest BCUT2D eigenvalue weighted by Crippen LogP contribution is -2.36. The molecule has 1 amide bonds. The number of nitrogens with zero attached hydrogens (tertiary/aromatic N) is 1. The van der Waals surface area contributed by atoms with Crippen molar-refractivity contribution in [2.75, 3.05) is 19.6 Å². The van der Waals surface area contributed by atoms with E-state index in [0.717, 1.165) is 30.1 Å². The van der Waals surface area contributed by atoms with Gasteiger partial charge in [0.25, 0.3) is 0 Å². The van der Waals surface area contributed by atoms with Gasteiger partial charge in [0.05, 0.1) is 6.04 Å². The molecule has 4 heteroatoms. The highest BCUT2D eigenvalue weighted by molar-refractivity contribution is 7.10. The first-order valence-corrected chi connectivity index (χ1v) is 8.98. The van der Waals surface area contributed by atoms with E-state index in [2.05, 4.69) is 22.3 Å². The number of likely N-dealkylation sites (tertiary alicyclic amines) is 1. The van der Waals surface area contributed by atoms with Gasteiger partial charge in [0.15, 0.2) is 0 Å². The van der Waals surface area contributed by atoms with Gasteiger partial charge in [0.2, 0.25) is 5.91 Å². The summed E-state index contributed by atoms with van der Waals surface area (Å²) in [5.74, 6) is -0.0357. The predicted octanol–water partition coefficient (Wildman–Crippen LogP) is 3.71. The number of rotatable bonds is 6. The van der Waals surface area contributed by atoms with Crippen LogP contribution in [-0.2, 0) is 4.79 Å².